The molecule has 0 unspecified atom stereocenters. The number of nitrogens with zero attached hydrogens (tertiary/aromatic N) is 2. The highest BCUT2D eigenvalue weighted by molar-refractivity contribution is 5.46. The van der Waals surface area contributed by atoms with Gasteiger partial charge in [-0.15, -0.1) is 0 Å². The van der Waals surface area contributed by atoms with Crippen LogP contribution in [0, 0.1) is 0 Å². The molecule has 1 aliphatic carbocycles. The molecule has 1 aromatic heterocycles. The van der Waals surface area contributed by atoms with Crippen molar-refractivity contribution < 1.29 is 4.74 Å². The number of nitrogens with one attached hydrogen (secondary N) is 1. The summed E-state index contributed by atoms with van der Waals surface area (Å²) in [5.41, 5.74) is 1.28. The van der Waals surface area contributed by atoms with Gasteiger partial charge in [0.25, 0.3) is 0 Å². The number of hydrogen-bond acceptors (Lipinski definition) is 4. The molecule has 17 heavy (non-hydrogen) atoms. The lowest BCUT2D eigenvalue weighted by Crippen LogP contribution is -2.43. The Kier molecular flexibility index (Phi) is 2.89. The van der Waals surface area contributed by atoms with Crippen LogP contribution in [-0.2, 0) is 0 Å². The normalized spacial score (nSPS) is 20.4. The van der Waals surface area contributed by atoms with Crippen molar-refractivity contribution in [1.82, 2.24) is 10.3 Å². The molecular weight excluding hydrogens is 214 g/mol. The predicted octanol–water partition coefficient (Wildman–Crippen LogP) is 1.38. The fourth-order valence-corrected chi connectivity index (χ4v) is 2.38. The molecular formula is C13H19N3O. The highest BCUT2D eigenvalue weighted by Gasteiger charge is 2.28. The molecule has 0 radical (unpaired) electrons. The van der Waals surface area contributed by atoms with Crippen LogP contribution < -0.4 is 15.0 Å². The van der Waals surface area contributed by atoms with Gasteiger partial charge in [0.15, 0.2) is 0 Å². The Hall–Kier alpha value is -1.29. The molecule has 3 rings (SSSR count). The summed E-state index contributed by atoms with van der Waals surface area (Å²) in [6.07, 6.45) is 2.57. The molecule has 0 atom stereocenters. The summed E-state index contributed by atoms with van der Waals surface area (Å²) < 4.78 is 5.42. The lowest BCUT2D eigenvalue weighted by atomic mass is 10.2. The number of pyridine rings is 1. The molecule has 4 nitrogen and oxygen atoms in total. The van der Waals surface area contributed by atoms with Gasteiger partial charge < -0.3 is 15.0 Å². The molecule has 2 aliphatic rings. The van der Waals surface area contributed by atoms with Crippen molar-refractivity contribution in [3.05, 3.63) is 17.7 Å². The highest BCUT2D eigenvalue weighted by atomic mass is 16.5. The van der Waals surface area contributed by atoms with E-state index in [0.717, 1.165) is 37.9 Å². The van der Waals surface area contributed by atoms with E-state index in [4.69, 9.17) is 4.74 Å². The van der Waals surface area contributed by atoms with Gasteiger partial charge in [0.2, 0.25) is 5.88 Å². The first-order chi connectivity index (χ1) is 8.38. The van der Waals surface area contributed by atoms with Crippen LogP contribution in [0.1, 0.15) is 24.3 Å². The fourth-order valence-electron chi connectivity index (χ4n) is 2.38. The maximum atomic E-state index is 5.42. The second kappa shape index (κ2) is 4.53. The van der Waals surface area contributed by atoms with Crippen LogP contribution in [0.5, 0.6) is 5.88 Å². The summed E-state index contributed by atoms with van der Waals surface area (Å²) in [7, 11) is 1.72. The smallest absolute Gasteiger partial charge is 0.218 e. The van der Waals surface area contributed by atoms with Crippen LogP contribution in [0.2, 0.25) is 0 Å². The number of anilines is 1. The van der Waals surface area contributed by atoms with Crippen LogP contribution in [0.25, 0.3) is 0 Å². The highest BCUT2D eigenvalue weighted by Crippen LogP contribution is 2.44. The maximum Gasteiger partial charge on any atom is 0.218 e. The minimum atomic E-state index is 0.689. The van der Waals surface area contributed by atoms with Gasteiger partial charge in [-0.2, -0.15) is 4.98 Å². The number of piperazine rings is 1. The first kappa shape index (κ1) is 10.8. The van der Waals surface area contributed by atoms with Gasteiger partial charge in [-0.05, 0) is 30.9 Å². The number of aromatic nitrogens is 1. The minimum absolute atomic E-state index is 0.689. The third kappa shape index (κ3) is 2.22. The van der Waals surface area contributed by atoms with E-state index in [1.54, 1.807) is 7.11 Å². The van der Waals surface area contributed by atoms with Crippen molar-refractivity contribution in [2.75, 3.05) is 38.2 Å². The number of rotatable bonds is 3. The minimum Gasteiger partial charge on any atom is -0.481 e. The van der Waals surface area contributed by atoms with Gasteiger partial charge in [-0.1, -0.05) is 0 Å². The molecule has 0 aromatic carbocycles. The molecule has 92 valence electrons. The standard InChI is InChI=1S/C13H19N3O/c1-17-13-11(10-2-3-10)4-5-12(15-13)16-8-6-14-7-9-16/h4-5,10,14H,2-3,6-9H2,1H3. The molecule has 0 spiro atoms. The van der Waals surface area contributed by atoms with E-state index in [0.29, 0.717) is 5.92 Å². The summed E-state index contributed by atoms with van der Waals surface area (Å²) in [5.74, 6) is 2.56. The van der Waals surface area contributed by atoms with Gasteiger partial charge >= 0.3 is 0 Å². The third-order valence-corrected chi connectivity index (χ3v) is 3.53. The average molecular weight is 233 g/mol. The van der Waals surface area contributed by atoms with Crippen molar-refractivity contribution in [2.45, 2.75) is 18.8 Å². The molecule has 1 aromatic rings. The zero-order valence-corrected chi connectivity index (χ0v) is 10.3. The zero-order valence-electron chi connectivity index (χ0n) is 10.3. The first-order valence-electron chi connectivity index (χ1n) is 6.39. The maximum absolute atomic E-state index is 5.42. The van der Waals surface area contributed by atoms with Gasteiger partial charge in [0, 0.05) is 31.7 Å². The summed E-state index contributed by atoms with van der Waals surface area (Å²) in [4.78, 5) is 6.97. The molecule has 4 heteroatoms. The van der Waals surface area contributed by atoms with Crippen molar-refractivity contribution in [3.63, 3.8) is 0 Å². The topological polar surface area (TPSA) is 37.4 Å². The molecule has 1 N–H and O–H groups in total. The Morgan fingerprint density at radius 2 is 2.06 bits per heavy atom. The van der Waals surface area contributed by atoms with Crippen LogP contribution in [0.4, 0.5) is 5.82 Å². The van der Waals surface area contributed by atoms with Crippen LogP contribution in [0.15, 0.2) is 12.1 Å². The molecule has 1 saturated carbocycles. The zero-order chi connectivity index (χ0) is 11.7. The number of ether oxygens (including phenoxy) is 1. The van der Waals surface area contributed by atoms with Gasteiger partial charge in [-0.3, -0.25) is 0 Å². The Bertz CT molecular complexity index is 398. The first-order valence-corrected chi connectivity index (χ1v) is 6.39. The predicted molar refractivity (Wildman–Crippen MR) is 67.8 cm³/mol. The summed E-state index contributed by atoms with van der Waals surface area (Å²) >= 11 is 0. The third-order valence-electron chi connectivity index (χ3n) is 3.53. The van der Waals surface area contributed by atoms with E-state index in [1.807, 2.05) is 0 Å². The molecule has 1 aliphatic heterocycles. The lowest BCUT2D eigenvalue weighted by Gasteiger charge is -2.28. The van der Waals surface area contributed by atoms with E-state index in [9.17, 15) is 0 Å². The summed E-state index contributed by atoms with van der Waals surface area (Å²) in [5, 5.41) is 3.35. The van der Waals surface area contributed by atoms with Crippen molar-refractivity contribution in [3.8, 4) is 5.88 Å². The Labute approximate surface area is 102 Å². The molecule has 2 fully saturated rings. The van der Waals surface area contributed by atoms with Gasteiger partial charge in [0.1, 0.15) is 5.82 Å². The average Bonchev–Trinajstić information content (AvgIpc) is 3.23. The van der Waals surface area contributed by atoms with E-state index >= 15 is 0 Å². The quantitative estimate of drug-likeness (QED) is 0.856. The number of hydrogen-bond donors (Lipinski definition) is 1. The van der Waals surface area contributed by atoms with E-state index in [2.05, 4.69) is 27.3 Å². The fraction of sp³-hybridized carbons (Fsp3) is 0.615. The summed E-state index contributed by atoms with van der Waals surface area (Å²) in [6.45, 7) is 4.13. The summed E-state index contributed by atoms with van der Waals surface area (Å²) in [6, 6.07) is 4.34. The lowest BCUT2D eigenvalue weighted by molar-refractivity contribution is 0.392. The Balaban J connectivity index is 1.84. The van der Waals surface area contributed by atoms with E-state index in [-0.39, 0.29) is 0 Å². The molecule has 0 bridgehead atoms. The van der Waals surface area contributed by atoms with Crippen LogP contribution in [0.3, 0.4) is 0 Å². The van der Waals surface area contributed by atoms with Gasteiger partial charge in [0.05, 0.1) is 7.11 Å². The van der Waals surface area contributed by atoms with Crippen LogP contribution in [-0.4, -0.2) is 38.3 Å². The Morgan fingerprint density at radius 3 is 2.71 bits per heavy atom. The molecule has 1 saturated heterocycles. The number of methoxy groups -OCH3 is 1. The Morgan fingerprint density at radius 1 is 1.29 bits per heavy atom. The van der Waals surface area contributed by atoms with E-state index < -0.39 is 0 Å². The van der Waals surface area contributed by atoms with Gasteiger partial charge in [-0.25, -0.2) is 0 Å². The molecule has 0 amide bonds. The van der Waals surface area contributed by atoms with E-state index in [1.165, 1.54) is 18.4 Å². The molecule has 2 heterocycles. The monoisotopic (exact) mass is 233 g/mol. The SMILES string of the molecule is COc1nc(N2CCNCC2)ccc1C1CC1. The van der Waals surface area contributed by atoms with Crippen molar-refractivity contribution in [2.24, 2.45) is 0 Å². The van der Waals surface area contributed by atoms with Crippen molar-refractivity contribution >= 4 is 5.82 Å². The second-order valence-corrected chi connectivity index (χ2v) is 4.78. The second-order valence-electron chi connectivity index (χ2n) is 4.78. The van der Waals surface area contributed by atoms with Crippen molar-refractivity contribution in [1.29, 1.82) is 0 Å². The van der Waals surface area contributed by atoms with Crippen LogP contribution >= 0.6 is 0 Å². The largest absolute Gasteiger partial charge is 0.481 e.